The molecule has 1 aromatic rings. The molecule has 0 aliphatic heterocycles. The Balaban J connectivity index is 3.03. The molecule has 1 N–H and O–H groups in total. The molecule has 0 fully saturated rings. The van der Waals surface area contributed by atoms with Crippen LogP contribution in [0.1, 0.15) is 36.8 Å². The molecule has 0 atom stereocenters. The minimum Gasteiger partial charge on any atom is -0.456 e. The number of carbonyl (C=O) groups excluding carboxylic acids is 1. The van der Waals surface area contributed by atoms with Crippen molar-refractivity contribution in [2.45, 2.75) is 26.4 Å². The molecule has 0 unspecified atom stereocenters. The molecule has 0 amide bonds. The van der Waals surface area contributed by atoms with Gasteiger partial charge in [0.1, 0.15) is 22.9 Å². The second-order valence-electron chi connectivity index (χ2n) is 4.23. The number of carbonyl (C=O) groups is 1. The van der Waals surface area contributed by atoms with Gasteiger partial charge in [-0.3, -0.25) is 4.79 Å². The van der Waals surface area contributed by atoms with Gasteiger partial charge in [0, 0.05) is 0 Å². The van der Waals surface area contributed by atoms with E-state index < -0.39 is 17.1 Å². The topological polar surface area (TPSA) is 82.9 Å². The number of hydrogen-bond acceptors (Lipinski definition) is 4. The second kappa shape index (κ2) is 4.19. The number of nitrogens with one attached hydrogen (secondary N) is 1. The lowest BCUT2D eigenvalue weighted by Gasteiger charge is -2.18. The van der Waals surface area contributed by atoms with Crippen molar-refractivity contribution in [2.75, 3.05) is 0 Å². The van der Waals surface area contributed by atoms with E-state index in [1.54, 1.807) is 26.8 Å². The molecule has 1 heterocycles. The number of aromatic nitrogens is 1. The molecule has 0 spiro atoms. The molecule has 0 bridgehead atoms. The zero-order chi connectivity index (χ0) is 12.3. The fourth-order valence-electron chi connectivity index (χ4n) is 1.03. The first-order chi connectivity index (χ1) is 7.33. The van der Waals surface area contributed by atoms with Crippen LogP contribution in [0.2, 0.25) is 0 Å². The Bertz CT molecular complexity index is 503. The highest BCUT2D eigenvalue weighted by Gasteiger charge is 2.20. The van der Waals surface area contributed by atoms with Crippen molar-refractivity contribution >= 4 is 5.97 Å². The number of pyridine rings is 1. The van der Waals surface area contributed by atoms with Gasteiger partial charge in [0.05, 0.1) is 0 Å². The van der Waals surface area contributed by atoms with Gasteiger partial charge in [0.2, 0.25) is 0 Å². The highest BCUT2D eigenvalue weighted by atomic mass is 16.6. The third-order valence-electron chi connectivity index (χ3n) is 1.65. The summed E-state index contributed by atoms with van der Waals surface area (Å²) in [6, 6.07) is 4.42. The summed E-state index contributed by atoms with van der Waals surface area (Å²) >= 11 is 0. The quantitative estimate of drug-likeness (QED) is 0.721. The summed E-state index contributed by atoms with van der Waals surface area (Å²) in [6.45, 7) is 5.13. The summed E-state index contributed by atoms with van der Waals surface area (Å²) in [5, 5.41) is 8.54. The van der Waals surface area contributed by atoms with Crippen molar-refractivity contribution in [3.63, 3.8) is 0 Å². The van der Waals surface area contributed by atoms with E-state index in [0.717, 1.165) is 0 Å². The molecule has 0 saturated heterocycles. The molecule has 0 aromatic carbocycles. The number of rotatable bonds is 1. The average Bonchev–Trinajstić information content (AvgIpc) is 2.14. The van der Waals surface area contributed by atoms with Gasteiger partial charge in [-0.15, -0.1) is 0 Å². The smallest absolute Gasteiger partial charge is 0.344 e. The van der Waals surface area contributed by atoms with E-state index in [1.807, 2.05) is 0 Å². The maximum absolute atomic E-state index is 11.6. The maximum Gasteiger partial charge on any atom is 0.344 e. The normalized spacial score (nSPS) is 10.6. The number of H-pyrrole nitrogens is 1. The van der Waals surface area contributed by atoms with E-state index in [-0.39, 0.29) is 11.3 Å². The van der Waals surface area contributed by atoms with E-state index >= 15 is 0 Å². The Labute approximate surface area is 92.7 Å². The van der Waals surface area contributed by atoms with E-state index in [4.69, 9.17) is 10.00 Å². The van der Waals surface area contributed by atoms with Gasteiger partial charge in [-0.1, -0.05) is 0 Å². The monoisotopic (exact) mass is 220 g/mol. The van der Waals surface area contributed by atoms with Crippen molar-refractivity contribution in [1.29, 1.82) is 5.26 Å². The van der Waals surface area contributed by atoms with Crippen LogP contribution in [-0.4, -0.2) is 16.6 Å². The first-order valence-electron chi connectivity index (χ1n) is 4.70. The Kier molecular flexibility index (Phi) is 3.14. The highest BCUT2D eigenvalue weighted by Crippen LogP contribution is 2.09. The van der Waals surface area contributed by atoms with Crippen LogP contribution >= 0.6 is 0 Å². The Morgan fingerprint density at radius 1 is 1.44 bits per heavy atom. The summed E-state index contributed by atoms with van der Waals surface area (Å²) in [5.41, 5.74) is -1.27. The minimum atomic E-state index is -0.696. The maximum atomic E-state index is 11.6. The zero-order valence-corrected chi connectivity index (χ0v) is 9.33. The van der Waals surface area contributed by atoms with Gasteiger partial charge < -0.3 is 9.72 Å². The van der Waals surface area contributed by atoms with Crippen molar-refractivity contribution < 1.29 is 9.53 Å². The van der Waals surface area contributed by atoms with Crippen LogP contribution in [0.5, 0.6) is 0 Å². The Morgan fingerprint density at radius 2 is 2.06 bits per heavy atom. The van der Waals surface area contributed by atoms with Crippen LogP contribution in [0.4, 0.5) is 0 Å². The van der Waals surface area contributed by atoms with E-state index in [2.05, 4.69) is 4.98 Å². The Hall–Kier alpha value is -2.09. The molecule has 0 radical (unpaired) electrons. The second-order valence-corrected chi connectivity index (χ2v) is 4.23. The van der Waals surface area contributed by atoms with Crippen molar-refractivity contribution in [3.8, 4) is 6.07 Å². The molecular formula is C11H12N2O3. The van der Waals surface area contributed by atoms with Gasteiger partial charge in [-0.2, -0.15) is 5.26 Å². The molecule has 5 nitrogen and oxygen atoms in total. The van der Waals surface area contributed by atoms with E-state index in [0.29, 0.717) is 0 Å². The predicted octanol–water partition coefficient (Wildman–Crippen LogP) is 1.20. The lowest BCUT2D eigenvalue weighted by molar-refractivity contribution is 0.00675. The van der Waals surface area contributed by atoms with Crippen molar-refractivity contribution in [2.24, 2.45) is 0 Å². The van der Waals surface area contributed by atoms with Crippen LogP contribution in [0.3, 0.4) is 0 Å². The summed E-state index contributed by atoms with van der Waals surface area (Å²) < 4.78 is 5.04. The van der Waals surface area contributed by atoms with Crippen LogP contribution in [0.25, 0.3) is 0 Å². The molecule has 1 rings (SSSR count). The van der Waals surface area contributed by atoms with Crippen LogP contribution in [0.15, 0.2) is 16.9 Å². The van der Waals surface area contributed by atoms with E-state index in [1.165, 1.54) is 12.1 Å². The predicted molar refractivity (Wildman–Crippen MR) is 56.9 cm³/mol. The van der Waals surface area contributed by atoms with Gasteiger partial charge in [-0.25, -0.2) is 4.79 Å². The molecule has 5 heteroatoms. The first kappa shape index (κ1) is 12.0. The highest BCUT2D eigenvalue weighted by molar-refractivity contribution is 5.89. The number of esters is 1. The van der Waals surface area contributed by atoms with Gasteiger partial charge in [-0.05, 0) is 32.9 Å². The molecule has 84 valence electrons. The lowest BCUT2D eigenvalue weighted by atomic mass is 10.2. The van der Waals surface area contributed by atoms with Gasteiger partial charge in [0.25, 0.3) is 5.56 Å². The summed E-state index contributed by atoms with van der Waals surface area (Å²) in [4.78, 5) is 25.2. The fourth-order valence-corrected chi connectivity index (χ4v) is 1.03. The van der Waals surface area contributed by atoms with Gasteiger partial charge in [0.15, 0.2) is 0 Å². The van der Waals surface area contributed by atoms with Crippen LogP contribution in [0, 0.1) is 11.3 Å². The largest absolute Gasteiger partial charge is 0.456 e. The molecule has 0 aliphatic carbocycles. The number of nitrogens with zero attached hydrogens (tertiary/aromatic N) is 1. The summed E-state index contributed by atoms with van der Waals surface area (Å²) in [5.74, 6) is -0.696. The summed E-state index contributed by atoms with van der Waals surface area (Å²) in [7, 11) is 0. The number of nitriles is 1. The third kappa shape index (κ3) is 2.95. The van der Waals surface area contributed by atoms with Crippen LogP contribution < -0.4 is 5.56 Å². The SMILES string of the molecule is CC(C)(C)OC(=O)c1ccc(C#N)[nH]c1=O. The Morgan fingerprint density at radius 3 is 2.50 bits per heavy atom. The van der Waals surface area contributed by atoms with Crippen molar-refractivity contribution in [1.82, 2.24) is 4.98 Å². The number of hydrogen-bond donors (Lipinski definition) is 1. The average molecular weight is 220 g/mol. The first-order valence-corrected chi connectivity index (χ1v) is 4.70. The number of ether oxygens (including phenoxy) is 1. The lowest BCUT2D eigenvalue weighted by Crippen LogP contribution is -2.28. The molecular weight excluding hydrogens is 208 g/mol. The molecule has 0 aliphatic rings. The zero-order valence-electron chi connectivity index (χ0n) is 9.33. The van der Waals surface area contributed by atoms with Gasteiger partial charge >= 0.3 is 5.97 Å². The minimum absolute atomic E-state index is 0.103. The fraction of sp³-hybridized carbons (Fsp3) is 0.364. The summed E-state index contributed by atoms with van der Waals surface area (Å²) in [6.07, 6.45) is 0. The van der Waals surface area contributed by atoms with Crippen LogP contribution in [-0.2, 0) is 4.74 Å². The molecule has 0 saturated carbocycles. The number of aromatic amines is 1. The molecule has 1 aromatic heterocycles. The van der Waals surface area contributed by atoms with Crippen molar-refractivity contribution in [3.05, 3.63) is 33.7 Å². The van der Waals surface area contributed by atoms with E-state index in [9.17, 15) is 9.59 Å². The third-order valence-corrected chi connectivity index (χ3v) is 1.65. The molecule has 16 heavy (non-hydrogen) atoms. The standard InChI is InChI=1S/C11H12N2O3/c1-11(2,3)16-10(15)8-5-4-7(6-12)13-9(8)14/h4-5H,1-3H3,(H,13,14).